The van der Waals surface area contributed by atoms with Gasteiger partial charge in [-0.15, -0.1) is 0 Å². The lowest BCUT2D eigenvalue weighted by Gasteiger charge is -2.08. The number of aryl methyl sites for hydroxylation is 3. The third kappa shape index (κ3) is 5.19. The SMILES string of the molecule is Cc1cc(/C=C(\C#N)S(=O)(=O)NCCCc2ccccc2)cc(C)c1O. The van der Waals surface area contributed by atoms with Crippen LogP contribution in [0.1, 0.15) is 28.7 Å². The first-order chi connectivity index (χ1) is 12.3. The Bertz CT molecular complexity index is 920. The molecule has 0 bridgehead atoms. The van der Waals surface area contributed by atoms with Crippen LogP contribution in [0.15, 0.2) is 47.4 Å². The largest absolute Gasteiger partial charge is 0.507 e. The number of phenols is 1. The molecule has 0 aliphatic carbocycles. The molecule has 2 N–H and O–H groups in total. The fourth-order valence-electron chi connectivity index (χ4n) is 2.62. The van der Waals surface area contributed by atoms with E-state index in [1.54, 1.807) is 32.0 Å². The lowest BCUT2D eigenvalue weighted by Crippen LogP contribution is -2.26. The Kier molecular flexibility index (Phi) is 6.56. The highest BCUT2D eigenvalue weighted by atomic mass is 32.2. The first-order valence-corrected chi connectivity index (χ1v) is 9.77. The van der Waals surface area contributed by atoms with E-state index < -0.39 is 10.0 Å². The van der Waals surface area contributed by atoms with Crippen LogP contribution in [-0.2, 0) is 16.4 Å². The first kappa shape index (κ1) is 19.7. The second-order valence-corrected chi connectivity index (χ2v) is 7.85. The third-order valence-electron chi connectivity index (χ3n) is 3.99. The minimum Gasteiger partial charge on any atom is -0.507 e. The summed E-state index contributed by atoms with van der Waals surface area (Å²) in [5, 5.41) is 19.1. The van der Waals surface area contributed by atoms with Crippen molar-refractivity contribution in [1.82, 2.24) is 4.72 Å². The standard InChI is InChI=1S/C20H22N2O3S/c1-15-11-18(12-16(2)20(15)23)13-19(14-21)26(24,25)22-10-6-9-17-7-4-3-5-8-17/h3-5,7-8,11-13,22-23H,6,9-10H2,1-2H3/b19-13+. The summed E-state index contributed by atoms with van der Waals surface area (Å²) in [5.41, 5.74) is 2.95. The van der Waals surface area contributed by atoms with Crippen LogP contribution in [0.5, 0.6) is 5.75 Å². The van der Waals surface area contributed by atoms with Gasteiger partial charge in [-0.2, -0.15) is 5.26 Å². The van der Waals surface area contributed by atoms with Crippen LogP contribution in [0, 0.1) is 25.2 Å². The van der Waals surface area contributed by atoms with E-state index in [0.717, 1.165) is 12.0 Å². The zero-order chi connectivity index (χ0) is 19.2. The van der Waals surface area contributed by atoms with Crippen LogP contribution in [0.2, 0.25) is 0 Å². The molecule has 0 saturated carbocycles. The zero-order valence-electron chi connectivity index (χ0n) is 14.9. The molecule has 0 heterocycles. The average Bonchev–Trinajstić information content (AvgIpc) is 2.62. The molecule has 0 aliphatic heterocycles. The number of rotatable bonds is 7. The molecule has 0 atom stereocenters. The van der Waals surface area contributed by atoms with E-state index in [9.17, 15) is 18.8 Å². The Labute approximate surface area is 154 Å². The smallest absolute Gasteiger partial charge is 0.250 e. The highest BCUT2D eigenvalue weighted by Crippen LogP contribution is 2.24. The zero-order valence-corrected chi connectivity index (χ0v) is 15.7. The number of phenolic OH excluding ortho intramolecular Hbond substituents is 1. The van der Waals surface area contributed by atoms with Crippen molar-refractivity contribution in [3.8, 4) is 11.8 Å². The summed E-state index contributed by atoms with van der Waals surface area (Å²) >= 11 is 0. The van der Waals surface area contributed by atoms with Crippen molar-refractivity contribution in [1.29, 1.82) is 5.26 Å². The molecule has 136 valence electrons. The molecule has 0 saturated heterocycles. The maximum absolute atomic E-state index is 12.4. The Morgan fingerprint density at radius 3 is 2.38 bits per heavy atom. The molecular formula is C20H22N2O3S. The maximum Gasteiger partial charge on any atom is 0.250 e. The molecule has 0 unspecified atom stereocenters. The number of sulfonamides is 1. The van der Waals surface area contributed by atoms with E-state index in [-0.39, 0.29) is 17.2 Å². The molecule has 26 heavy (non-hydrogen) atoms. The number of aromatic hydroxyl groups is 1. The predicted molar refractivity (Wildman–Crippen MR) is 103 cm³/mol. The van der Waals surface area contributed by atoms with Gasteiger partial charge in [0.2, 0.25) is 0 Å². The summed E-state index contributed by atoms with van der Waals surface area (Å²) in [6.45, 7) is 3.70. The molecule has 2 aromatic carbocycles. The summed E-state index contributed by atoms with van der Waals surface area (Å²) < 4.78 is 27.2. The molecule has 0 amide bonds. The van der Waals surface area contributed by atoms with Gasteiger partial charge in [-0.25, -0.2) is 13.1 Å². The van der Waals surface area contributed by atoms with Crippen LogP contribution < -0.4 is 4.72 Å². The van der Waals surface area contributed by atoms with Crippen LogP contribution in [0.4, 0.5) is 0 Å². The number of nitrogens with one attached hydrogen (secondary N) is 1. The van der Waals surface area contributed by atoms with E-state index in [1.165, 1.54) is 6.08 Å². The van der Waals surface area contributed by atoms with E-state index in [4.69, 9.17) is 0 Å². The van der Waals surface area contributed by atoms with Crippen LogP contribution >= 0.6 is 0 Å². The molecule has 0 aromatic heterocycles. The van der Waals surface area contributed by atoms with Crippen molar-refractivity contribution >= 4 is 16.1 Å². The molecule has 2 rings (SSSR count). The van der Waals surface area contributed by atoms with Crippen molar-refractivity contribution in [2.45, 2.75) is 26.7 Å². The van der Waals surface area contributed by atoms with Gasteiger partial charge in [-0.1, -0.05) is 30.3 Å². The normalized spacial score (nSPS) is 12.0. The predicted octanol–water partition coefficient (Wildman–Crippen LogP) is 3.43. The summed E-state index contributed by atoms with van der Waals surface area (Å²) in [7, 11) is -3.87. The molecule has 2 aromatic rings. The van der Waals surface area contributed by atoms with Crippen molar-refractivity contribution in [2.24, 2.45) is 0 Å². The van der Waals surface area contributed by atoms with Crippen LogP contribution in [0.3, 0.4) is 0 Å². The van der Waals surface area contributed by atoms with Crippen molar-refractivity contribution in [2.75, 3.05) is 6.54 Å². The maximum atomic E-state index is 12.4. The molecule has 0 fully saturated rings. The number of hydrogen-bond acceptors (Lipinski definition) is 4. The fourth-order valence-corrected chi connectivity index (χ4v) is 3.60. The Balaban J connectivity index is 2.06. The summed E-state index contributed by atoms with van der Waals surface area (Å²) in [6, 6.07) is 14.8. The lowest BCUT2D eigenvalue weighted by atomic mass is 10.1. The highest BCUT2D eigenvalue weighted by Gasteiger charge is 2.17. The summed E-state index contributed by atoms with van der Waals surface area (Å²) in [5.74, 6) is 0.169. The second kappa shape index (κ2) is 8.65. The van der Waals surface area contributed by atoms with Gasteiger partial charge in [-0.05, 0) is 67.2 Å². The quantitative estimate of drug-likeness (QED) is 0.577. The van der Waals surface area contributed by atoms with Crippen molar-refractivity contribution in [3.63, 3.8) is 0 Å². The number of benzene rings is 2. The monoisotopic (exact) mass is 370 g/mol. The summed E-state index contributed by atoms with van der Waals surface area (Å²) in [4.78, 5) is -0.346. The summed E-state index contributed by atoms with van der Waals surface area (Å²) in [6.07, 6.45) is 2.71. The number of nitriles is 1. The van der Waals surface area contributed by atoms with Gasteiger partial charge in [-0.3, -0.25) is 0 Å². The molecule has 0 radical (unpaired) electrons. The number of hydrogen-bond donors (Lipinski definition) is 2. The third-order valence-corrected chi connectivity index (χ3v) is 5.36. The van der Waals surface area contributed by atoms with Crippen LogP contribution in [0.25, 0.3) is 6.08 Å². The van der Waals surface area contributed by atoms with E-state index in [0.29, 0.717) is 23.1 Å². The van der Waals surface area contributed by atoms with Gasteiger partial charge < -0.3 is 5.11 Å². The van der Waals surface area contributed by atoms with Gasteiger partial charge in [0.1, 0.15) is 11.8 Å². The first-order valence-electron chi connectivity index (χ1n) is 8.29. The fraction of sp³-hybridized carbons (Fsp3) is 0.250. The van der Waals surface area contributed by atoms with Gasteiger partial charge in [0.15, 0.2) is 4.91 Å². The minimum absolute atomic E-state index is 0.169. The molecule has 0 aliphatic rings. The Morgan fingerprint density at radius 2 is 1.81 bits per heavy atom. The molecule has 6 heteroatoms. The Hall–Kier alpha value is -2.62. The van der Waals surface area contributed by atoms with Gasteiger partial charge in [0.25, 0.3) is 10.0 Å². The van der Waals surface area contributed by atoms with Crippen LogP contribution in [-0.4, -0.2) is 20.1 Å². The van der Waals surface area contributed by atoms with Gasteiger partial charge >= 0.3 is 0 Å². The van der Waals surface area contributed by atoms with Crippen molar-refractivity contribution in [3.05, 3.63) is 69.6 Å². The van der Waals surface area contributed by atoms with Gasteiger partial charge in [0.05, 0.1) is 0 Å². The van der Waals surface area contributed by atoms with E-state index in [1.807, 2.05) is 30.3 Å². The minimum atomic E-state index is -3.87. The van der Waals surface area contributed by atoms with Gasteiger partial charge in [0, 0.05) is 6.54 Å². The molecular weight excluding hydrogens is 348 g/mol. The number of allylic oxidation sites excluding steroid dienone is 1. The van der Waals surface area contributed by atoms with E-state index in [2.05, 4.69) is 4.72 Å². The van der Waals surface area contributed by atoms with E-state index >= 15 is 0 Å². The average molecular weight is 370 g/mol. The molecule has 0 spiro atoms. The van der Waals surface area contributed by atoms with Crippen molar-refractivity contribution < 1.29 is 13.5 Å². The Morgan fingerprint density at radius 1 is 1.19 bits per heavy atom. The number of nitrogens with zero attached hydrogens (tertiary/aromatic N) is 1. The highest BCUT2D eigenvalue weighted by molar-refractivity contribution is 7.93. The topological polar surface area (TPSA) is 90.2 Å². The molecule has 5 nitrogen and oxygen atoms in total. The second-order valence-electron chi connectivity index (χ2n) is 6.11. The lowest BCUT2D eigenvalue weighted by molar-refractivity contribution is 0.467.